The number of quaternary nitrogens is 1. The van der Waals surface area contributed by atoms with Crippen LogP contribution in [0.3, 0.4) is 0 Å². The molecule has 0 aliphatic heterocycles. The normalized spacial score (nSPS) is 12.8. The summed E-state index contributed by atoms with van der Waals surface area (Å²) in [6.45, 7) is 8.36. The molecule has 0 aliphatic carbocycles. The highest BCUT2D eigenvalue weighted by atomic mass is 79.9. The fraction of sp³-hybridized carbons (Fsp3) is 0.571. The van der Waals surface area contributed by atoms with Gasteiger partial charge < -0.3 is 15.2 Å². The average Bonchev–Trinajstić information content (AvgIpc) is 2.29. The second kappa shape index (κ2) is 7.77. The lowest BCUT2D eigenvalue weighted by Gasteiger charge is -2.14. The highest BCUT2D eigenvalue weighted by Crippen LogP contribution is 2.29. The minimum atomic E-state index is -0.260. The van der Waals surface area contributed by atoms with E-state index < -0.39 is 0 Å². The molecule has 1 rings (SSSR count). The van der Waals surface area contributed by atoms with Gasteiger partial charge >= 0.3 is 0 Å². The second-order valence-corrected chi connectivity index (χ2v) is 5.76. The molecule has 4 heteroatoms. The molecule has 1 aromatic rings. The van der Waals surface area contributed by atoms with Crippen molar-refractivity contribution in [2.24, 2.45) is 0 Å². The Balaban J connectivity index is 2.46. The van der Waals surface area contributed by atoms with Gasteiger partial charge in [0.1, 0.15) is 25.4 Å². The first-order valence-corrected chi connectivity index (χ1v) is 7.22. The van der Waals surface area contributed by atoms with Gasteiger partial charge in [-0.2, -0.15) is 0 Å². The van der Waals surface area contributed by atoms with Crippen LogP contribution >= 0.6 is 15.9 Å². The van der Waals surface area contributed by atoms with E-state index in [4.69, 9.17) is 9.84 Å². The summed E-state index contributed by atoms with van der Waals surface area (Å²) in [5.41, 5.74) is 1.22. The predicted octanol–water partition coefficient (Wildman–Crippen LogP) is 1.90. The molecule has 0 spiro atoms. The number of aliphatic hydroxyl groups excluding tert-OH is 1. The Morgan fingerprint density at radius 3 is 2.67 bits per heavy atom. The summed E-state index contributed by atoms with van der Waals surface area (Å²) in [6.07, 6.45) is -0.260. The number of aliphatic hydroxyl groups is 1. The third kappa shape index (κ3) is 5.38. The van der Waals surface area contributed by atoms with Gasteiger partial charge in [0.2, 0.25) is 0 Å². The van der Waals surface area contributed by atoms with Crippen molar-refractivity contribution in [1.29, 1.82) is 0 Å². The first-order chi connectivity index (χ1) is 8.50. The summed E-state index contributed by atoms with van der Waals surface area (Å²) in [5.74, 6) is 1.40. The van der Waals surface area contributed by atoms with Crippen molar-refractivity contribution in [2.45, 2.75) is 32.8 Å². The predicted molar refractivity (Wildman–Crippen MR) is 77.1 cm³/mol. The molecule has 0 saturated heterocycles. The molecule has 0 fully saturated rings. The highest BCUT2D eigenvalue weighted by Gasteiger charge is 2.08. The van der Waals surface area contributed by atoms with E-state index in [0.29, 0.717) is 12.5 Å². The van der Waals surface area contributed by atoms with Crippen LogP contribution in [0.4, 0.5) is 0 Å². The summed E-state index contributed by atoms with van der Waals surface area (Å²) in [7, 11) is 0. The standard InChI is InChI=1S/C14H22BrNO2/c1-10(2)13-8-12(15)4-5-14(13)18-7-6-16-9-11(3)17/h4-5,8,10-11,16-17H,6-7,9H2,1-3H3/p+1/t11-/m0/s1. The van der Waals surface area contributed by atoms with Crippen LogP contribution in [0.5, 0.6) is 5.75 Å². The van der Waals surface area contributed by atoms with Crippen molar-refractivity contribution in [3.63, 3.8) is 0 Å². The van der Waals surface area contributed by atoms with Gasteiger partial charge in [-0.15, -0.1) is 0 Å². The van der Waals surface area contributed by atoms with Gasteiger partial charge in [-0.1, -0.05) is 29.8 Å². The number of hydrogen-bond donors (Lipinski definition) is 2. The molecule has 3 nitrogen and oxygen atoms in total. The number of ether oxygens (including phenoxy) is 1. The lowest BCUT2D eigenvalue weighted by Crippen LogP contribution is -2.87. The molecule has 18 heavy (non-hydrogen) atoms. The molecule has 0 aliphatic rings. The van der Waals surface area contributed by atoms with Crippen LogP contribution in [-0.4, -0.2) is 30.9 Å². The van der Waals surface area contributed by atoms with Gasteiger partial charge in [0.15, 0.2) is 0 Å². The Hall–Kier alpha value is -0.580. The van der Waals surface area contributed by atoms with Gasteiger partial charge in [0.25, 0.3) is 0 Å². The first-order valence-electron chi connectivity index (χ1n) is 6.42. The largest absolute Gasteiger partial charge is 0.487 e. The smallest absolute Gasteiger partial charge is 0.137 e. The number of rotatable bonds is 7. The van der Waals surface area contributed by atoms with E-state index in [2.05, 4.69) is 41.2 Å². The molecular formula is C14H23BrNO2+. The Bertz CT molecular complexity index is 367. The van der Waals surface area contributed by atoms with E-state index in [1.165, 1.54) is 5.56 Å². The molecular weight excluding hydrogens is 294 g/mol. The minimum Gasteiger partial charge on any atom is -0.487 e. The van der Waals surface area contributed by atoms with Crippen LogP contribution in [0.1, 0.15) is 32.3 Å². The molecule has 0 amide bonds. The van der Waals surface area contributed by atoms with Crippen LogP contribution < -0.4 is 10.1 Å². The van der Waals surface area contributed by atoms with E-state index in [1.807, 2.05) is 12.1 Å². The Morgan fingerprint density at radius 1 is 1.33 bits per heavy atom. The van der Waals surface area contributed by atoms with Crippen molar-refractivity contribution in [2.75, 3.05) is 19.7 Å². The summed E-state index contributed by atoms with van der Waals surface area (Å²) >= 11 is 3.48. The third-order valence-electron chi connectivity index (χ3n) is 2.68. The number of hydrogen-bond acceptors (Lipinski definition) is 2. The third-order valence-corrected chi connectivity index (χ3v) is 3.17. The van der Waals surface area contributed by atoms with E-state index in [0.717, 1.165) is 23.3 Å². The minimum absolute atomic E-state index is 0.260. The van der Waals surface area contributed by atoms with Crippen molar-refractivity contribution >= 4 is 15.9 Å². The fourth-order valence-electron chi connectivity index (χ4n) is 1.71. The maximum absolute atomic E-state index is 9.14. The van der Waals surface area contributed by atoms with Crippen molar-refractivity contribution in [1.82, 2.24) is 0 Å². The van der Waals surface area contributed by atoms with E-state index in [-0.39, 0.29) is 6.10 Å². The van der Waals surface area contributed by atoms with Crippen LogP contribution in [0, 0.1) is 0 Å². The molecule has 0 saturated carbocycles. The number of halogens is 1. The first kappa shape index (κ1) is 15.5. The van der Waals surface area contributed by atoms with E-state index in [9.17, 15) is 0 Å². The van der Waals surface area contributed by atoms with Crippen molar-refractivity contribution in [3.05, 3.63) is 28.2 Å². The molecule has 0 heterocycles. The average molecular weight is 317 g/mol. The van der Waals surface area contributed by atoms with Gasteiger partial charge in [0.05, 0.1) is 6.10 Å². The second-order valence-electron chi connectivity index (χ2n) is 4.85. The van der Waals surface area contributed by atoms with E-state index >= 15 is 0 Å². The summed E-state index contributed by atoms with van der Waals surface area (Å²) in [4.78, 5) is 0. The fourth-order valence-corrected chi connectivity index (χ4v) is 2.09. The monoisotopic (exact) mass is 316 g/mol. The summed E-state index contributed by atoms with van der Waals surface area (Å²) in [5, 5.41) is 11.2. The topological polar surface area (TPSA) is 46.1 Å². The van der Waals surface area contributed by atoms with Crippen molar-refractivity contribution < 1.29 is 15.2 Å². The molecule has 0 bridgehead atoms. The Labute approximate surface area is 118 Å². The lowest BCUT2D eigenvalue weighted by atomic mass is 10.0. The van der Waals surface area contributed by atoms with Gasteiger partial charge in [-0.3, -0.25) is 0 Å². The highest BCUT2D eigenvalue weighted by molar-refractivity contribution is 9.10. The molecule has 102 valence electrons. The van der Waals surface area contributed by atoms with Crippen LogP contribution in [0.2, 0.25) is 0 Å². The molecule has 1 atom stereocenters. The molecule has 1 aromatic carbocycles. The lowest BCUT2D eigenvalue weighted by molar-refractivity contribution is -0.661. The van der Waals surface area contributed by atoms with Crippen LogP contribution in [-0.2, 0) is 0 Å². The molecule has 0 aromatic heterocycles. The maximum atomic E-state index is 9.14. The Kier molecular flexibility index (Phi) is 6.68. The van der Waals surface area contributed by atoms with Crippen LogP contribution in [0.15, 0.2) is 22.7 Å². The number of nitrogens with two attached hydrogens (primary N) is 1. The van der Waals surface area contributed by atoms with Gasteiger partial charge in [-0.25, -0.2) is 0 Å². The summed E-state index contributed by atoms with van der Waals surface area (Å²) < 4.78 is 6.88. The zero-order valence-electron chi connectivity index (χ0n) is 11.3. The van der Waals surface area contributed by atoms with E-state index in [1.54, 1.807) is 6.92 Å². The van der Waals surface area contributed by atoms with Gasteiger partial charge in [0, 0.05) is 4.47 Å². The zero-order valence-corrected chi connectivity index (χ0v) is 12.9. The number of benzene rings is 1. The SMILES string of the molecule is CC(C)c1cc(Br)ccc1OCC[NH2+]C[C@H](C)O. The zero-order chi connectivity index (χ0) is 13.5. The Morgan fingerprint density at radius 2 is 2.06 bits per heavy atom. The van der Waals surface area contributed by atoms with Gasteiger partial charge in [-0.05, 0) is 36.6 Å². The summed E-state index contributed by atoms with van der Waals surface area (Å²) in [6, 6.07) is 6.12. The van der Waals surface area contributed by atoms with Crippen LogP contribution in [0.25, 0.3) is 0 Å². The quantitative estimate of drug-likeness (QED) is 0.755. The van der Waals surface area contributed by atoms with Crippen molar-refractivity contribution in [3.8, 4) is 5.75 Å². The molecule has 3 N–H and O–H groups in total. The molecule has 0 unspecified atom stereocenters. The molecule has 0 radical (unpaired) electrons. The maximum Gasteiger partial charge on any atom is 0.137 e.